The monoisotopic (exact) mass is 340 g/mol. The molecule has 1 aromatic carbocycles. The zero-order valence-corrected chi connectivity index (χ0v) is 13.7. The lowest BCUT2D eigenvalue weighted by molar-refractivity contribution is -0.130. The fourth-order valence-electron chi connectivity index (χ4n) is 2.36. The SMILES string of the molecule is CN(Cc1cccc(F)c1)C(=O)CCc1nc(-c2ccccn2)no1. The molecule has 3 rings (SSSR count). The lowest BCUT2D eigenvalue weighted by Crippen LogP contribution is -2.26. The highest BCUT2D eigenvalue weighted by atomic mass is 19.1. The summed E-state index contributed by atoms with van der Waals surface area (Å²) in [5.74, 6) is 0.387. The molecule has 2 heterocycles. The quantitative estimate of drug-likeness (QED) is 0.690. The van der Waals surface area contributed by atoms with Crippen molar-refractivity contribution in [3.63, 3.8) is 0 Å². The third-order valence-electron chi connectivity index (χ3n) is 3.65. The van der Waals surface area contributed by atoms with Crippen molar-refractivity contribution in [3.05, 3.63) is 65.9 Å². The Hall–Kier alpha value is -3.09. The predicted octanol–water partition coefficient (Wildman–Crippen LogP) is 2.86. The van der Waals surface area contributed by atoms with Crippen molar-refractivity contribution >= 4 is 5.91 Å². The van der Waals surface area contributed by atoms with E-state index < -0.39 is 0 Å². The predicted molar refractivity (Wildman–Crippen MR) is 88.7 cm³/mol. The summed E-state index contributed by atoms with van der Waals surface area (Å²) in [5.41, 5.74) is 1.36. The normalized spacial score (nSPS) is 10.6. The average Bonchev–Trinajstić information content (AvgIpc) is 3.09. The van der Waals surface area contributed by atoms with Crippen LogP contribution in [0.5, 0.6) is 0 Å². The van der Waals surface area contributed by atoms with Crippen LogP contribution in [0.1, 0.15) is 17.9 Å². The molecule has 25 heavy (non-hydrogen) atoms. The maximum Gasteiger partial charge on any atom is 0.227 e. The number of carbonyl (C=O) groups excluding carboxylic acids is 1. The van der Waals surface area contributed by atoms with Crippen molar-refractivity contribution in [2.45, 2.75) is 19.4 Å². The number of hydrogen-bond donors (Lipinski definition) is 0. The first-order chi connectivity index (χ1) is 12.1. The number of carbonyl (C=O) groups is 1. The van der Waals surface area contributed by atoms with Crippen LogP contribution < -0.4 is 0 Å². The number of amides is 1. The zero-order valence-electron chi connectivity index (χ0n) is 13.7. The van der Waals surface area contributed by atoms with Gasteiger partial charge in [0, 0.05) is 32.6 Å². The van der Waals surface area contributed by atoms with Crippen molar-refractivity contribution < 1.29 is 13.7 Å². The van der Waals surface area contributed by atoms with Crippen LogP contribution >= 0.6 is 0 Å². The molecule has 7 heteroatoms. The Bertz CT molecular complexity index is 851. The smallest absolute Gasteiger partial charge is 0.227 e. The zero-order chi connectivity index (χ0) is 17.6. The van der Waals surface area contributed by atoms with Crippen LogP contribution in [-0.4, -0.2) is 33.0 Å². The lowest BCUT2D eigenvalue weighted by atomic mass is 10.2. The minimum Gasteiger partial charge on any atom is -0.341 e. The van der Waals surface area contributed by atoms with Gasteiger partial charge in [-0.05, 0) is 29.8 Å². The summed E-state index contributed by atoms with van der Waals surface area (Å²) in [6.07, 6.45) is 2.22. The largest absolute Gasteiger partial charge is 0.341 e. The highest BCUT2D eigenvalue weighted by Crippen LogP contribution is 2.13. The molecule has 0 saturated heterocycles. The molecule has 0 aliphatic heterocycles. The highest BCUT2D eigenvalue weighted by molar-refractivity contribution is 5.76. The van der Waals surface area contributed by atoms with Crippen molar-refractivity contribution in [1.82, 2.24) is 20.0 Å². The van der Waals surface area contributed by atoms with Gasteiger partial charge in [-0.1, -0.05) is 23.4 Å². The van der Waals surface area contributed by atoms with Gasteiger partial charge in [-0.15, -0.1) is 0 Å². The summed E-state index contributed by atoms with van der Waals surface area (Å²) in [6, 6.07) is 11.6. The maximum absolute atomic E-state index is 13.2. The summed E-state index contributed by atoms with van der Waals surface area (Å²) < 4.78 is 18.4. The van der Waals surface area contributed by atoms with Gasteiger partial charge in [0.2, 0.25) is 17.6 Å². The molecule has 0 spiro atoms. The van der Waals surface area contributed by atoms with Gasteiger partial charge in [0.15, 0.2) is 0 Å². The van der Waals surface area contributed by atoms with Crippen molar-refractivity contribution in [2.75, 3.05) is 7.05 Å². The Morgan fingerprint density at radius 1 is 1.24 bits per heavy atom. The number of aryl methyl sites for hydroxylation is 1. The third-order valence-corrected chi connectivity index (χ3v) is 3.65. The summed E-state index contributed by atoms with van der Waals surface area (Å²) in [7, 11) is 1.68. The fourth-order valence-corrected chi connectivity index (χ4v) is 2.36. The molecule has 128 valence electrons. The second-order valence-corrected chi connectivity index (χ2v) is 5.61. The molecule has 0 radical (unpaired) electrons. The molecule has 3 aromatic rings. The first-order valence-electron chi connectivity index (χ1n) is 7.84. The maximum atomic E-state index is 13.2. The van der Waals surface area contributed by atoms with Gasteiger partial charge in [-0.25, -0.2) is 4.39 Å². The molecule has 1 amide bonds. The van der Waals surface area contributed by atoms with E-state index in [1.54, 1.807) is 42.4 Å². The standard InChI is InChI=1S/C18H17FN4O2/c1-23(12-13-5-4-6-14(19)11-13)17(24)9-8-16-21-18(22-25-16)15-7-2-3-10-20-15/h2-7,10-11H,8-9,12H2,1H3. The van der Waals surface area contributed by atoms with Crippen LogP contribution in [-0.2, 0) is 17.8 Å². The van der Waals surface area contributed by atoms with E-state index in [0.717, 1.165) is 5.56 Å². The minimum absolute atomic E-state index is 0.0816. The molecule has 0 N–H and O–H groups in total. The van der Waals surface area contributed by atoms with Gasteiger partial charge >= 0.3 is 0 Å². The van der Waals surface area contributed by atoms with Gasteiger partial charge in [0.25, 0.3) is 0 Å². The van der Waals surface area contributed by atoms with E-state index in [2.05, 4.69) is 15.1 Å². The molecule has 0 aliphatic rings. The highest BCUT2D eigenvalue weighted by Gasteiger charge is 2.14. The van der Waals surface area contributed by atoms with Gasteiger partial charge in [-0.2, -0.15) is 4.98 Å². The molecular formula is C18H17FN4O2. The van der Waals surface area contributed by atoms with Crippen LogP contribution in [0, 0.1) is 5.82 Å². The first kappa shape index (κ1) is 16.8. The van der Waals surface area contributed by atoms with Crippen LogP contribution in [0.4, 0.5) is 4.39 Å². The molecule has 0 fully saturated rings. The van der Waals surface area contributed by atoms with Crippen LogP contribution in [0.25, 0.3) is 11.5 Å². The molecule has 2 aromatic heterocycles. The molecule has 0 aliphatic carbocycles. The van der Waals surface area contributed by atoms with Gasteiger partial charge < -0.3 is 9.42 Å². The number of hydrogen-bond acceptors (Lipinski definition) is 5. The fraction of sp³-hybridized carbons (Fsp3) is 0.222. The second kappa shape index (κ2) is 7.65. The van der Waals surface area contributed by atoms with Crippen LogP contribution in [0.15, 0.2) is 53.2 Å². The van der Waals surface area contributed by atoms with E-state index in [4.69, 9.17) is 4.52 Å². The van der Waals surface area contributed by atoms with Crippen molar-refractivity contribution in [1.29, 1.82) is 0 Å². The van der Waals surface area contributed by atoms with Gasteiger partial charge in [0.1, 0.15) is 11.5 Å². The van der Waals surface area contributed by atoms with E-state index in [9.17, 15) is 9.18 Å². The van der Waals surface area contributed by atoms with E-state index in [1.807, 2.05) is 6.07 Å². The summed E-state index contributed by atoms with van der Waals surface area (Å²) >= 11 is 0. The Morgan fingerprint density at radius 3 is 2.88 bits per heavy atom. The summed E-state index contributed by atoms with van der Waals surface area (Å²) in [6.45, 7) is 0.347. The Kier molecular flexibility index (Phi) is 5.13. The van der Waals surface area contributed by atoms with E-state index in [-0.39, 0.29) is 18.1 Å². The lowest BCUT2D eigenvalue weighted by Gasteiger charge is -2.16. The van der Waals surface area contributed by atoms with Gasteiger partial charge in [-0.3, -0.25) is 9.78 Å². The average molecular weight is 340 g/mol. The van der Waals surface area contributed by atoms with Crippen molar-refractivity contribution in [3.8, 4) is 11.5 Å². The number of pyridine rings is 1. The molecule has 0 bridgehead atoms. The number of aromatic nitrogens is 3. The Morgan fingerprint density at radius 2 is 2.12 bits per heavy atom. The molecule has 0 atom stereocenters. The first-order valence-corrected chi connectivity index (χ1v) is 7.84. The molecule has 0 saturated carbocycles. The molecule has 0 unspecified atom stereocenters. The van der Waals surface area contributed by atoms with Gasteiger partial charge in [0.05, 0.1) is 0 Å². The molecular weight excluding hydrogens is 323 g/mol. The topological polar surface area (TPSA) is 72.1 Å². The number of rotatable bonds is 6. The summed E-state index contributed by atoms with van der Waals surface area (Å²) in [4.78, 5) is 22.2. The van der Waals surface area contributed by atoms with E-state index in [0.29, 0.717) is 30.4 Å². The minimum atomic E-state index is -0.314. The van der Waals surface area contributed by atoms with Crippen molar-refractivity contribution in [2.24, 2.45) is 0 Å². The number of benzene rings is 1. The molecule has 6 nitrogen and oxygen atoms in total. The van der Waals surface area contributed by atoms with Crippen LogP contribution in [0.3, 0.4) is 0 Å². The number of halogens is 1. The Balaban J connectivity index is 1.54. The van der Waals surface area contributed by atoms with E-state index >= 15 is 0 Å². The third kappa shape index (κ3) is 4.47. The van der Waals surface area contributed by atoms with Crippen LogP contribution in [0.2, 0.25) is 0 Å². The van der Waals surface area contributed by atoms with E-state index in [1.165, 1.54) is 12.1 Å². The summed E-state index contributed by atoms with van der Waals surface area (Å²) in [5, 5.41) is 3.87. The Labute approximate surface area is 144 Å². The number of nitrogens with zero attached hydrogens (tertiary/aromatic N) is 4. The second-order valence-electron chi connectivity index (χ2n) is 5.61.